The molecule has 0 radical (unpaired) electrons. The summed E-state index contributed by atoms with van der Waals surface area (Å²) in [5.74, 6) is 0.709. The lowest BCUT2D eigenvalue weighted by atomic mass is 9.96. The number of hydrogen-bond acceptors (Lipinski definition) is 0. The summed E-state index contributed by atoms with van der Waals surface area (Å²) in [6, 6.07) is 6.55. The van der Waals surface area contributed by atoms with E-state index in [9.17, 15) is 0 Å². The third kappa shape index (κ3) is 2.73. The van der Waals surface area contributed by atoms with E-state index in [2.05, 4.69) is 45.5 Å². The van der Waals surface area contributed by atoms with E-state index < -0.39 is 0 Å². The van der Waals surface area contributed by atoms with Crippen LogP contribution in [0.3, 0.4) is 0 Å². The molecule has 0 saturated heterocycles. The molecule has 1 aromatic rings. The summed E-state index contributed by atoms with van der Waals surface area (Å²) in [5.41, 5.74) is 4.03. The predicted octanol–water partition coefficient (Wildman–Crippen LogP) is 3.84. The highest BCUT2D eigenvalue weighted by Crippen LogP contribution is 2.16. The Morgan fingerprint density at radius 3 is 2.62 bits per heavy atom. The van der Waals surface area contributed by atoms with Crippen molar-refractivity contribution in [2.45, 2.75) is 27.2 Å². The van der Waals surface area contributed by atoms with Crippen LogP contribution in [0.2, 0.25) is 0 Å². The van der Waals surface area contributed by atoms with Crippen LogP contribution in [-0.2, 0) is 6.42 Å². The summed E-state index contributed by atoms with van der Waals surface area (Å²) in [6.07, 6.45) is 3.08. The van der Waals surface area contributed by atoms with Gasteiger partial charge in [0.25, 0.3) is 0 Å². The molecular weight excluding hydrogens is 156 g/mol. The van der Waals surface area contributed by atoms with Crippen molar-refractivity contribution >= 4 is 6.08 Å². The highest BCUT2D eigenvalue weighted by molar-refractivity contribution is 5.52. The first-order valence-corrected chi connectivity index (χ1v) is 4.85. The second-order valence-corrected chi connectivity index (χ2v) is 4.00. The third-order valence-electron chi connectivity index (χ3n) is 2.15. The molecule has 70 valence electrons. The Morgan fingerprint density at radius 1 is 1.38 bits per heavy atom. The van der Waals surface area contributed by atoms with Crippen LogP contribution in [0.15, 0.2) is 24.8 Å². The average molecular weight is 174 g/mol. The molecule has 0 aliphatic rings. The van der Waals surface area contributed by atoms with Crippen LogP contribution in [0.5, 0.6) is 0 Å². The Labute approximate surface area is 81.3 Å². The van der Waals surface area contributed by atoms with E-state index in [1.54, 1.807) is 0 Å². The Morgan fingerprint density at radius 2 is 2.08 bits per heavy atom. The van der Waals surface area contributed by atoms with Crippen molar-refractivity contribution in [3.8, 4) is 0 Å². The van der Waals surface area contributed by atoms with Crippen molar-refractivity contribution in [2.24, 2.45) is 5.92 Å². The fourth-order valence-corrected chi connectivity index (χ4v) is 1.55. The molecule has 0 heterocycles. The molecule has 0 saturated carbocycles. The zero-order chi connectivity index (χ0) is 9.84. The van der Waals surface area contributed by atoms with Crippen molar-refractivity contribution in [1.29, 1.82) is 0 Å². The Balaban J connectivity index is 3.01. The van der Waals surface area contributed by atoms with Gasteiger partial charge < -0.3 is 0 Å². The van der Waals surface area contributed by atoms with E-state index in [4.69, 9.17) is 0 Å². The van der Waals surface area contributed by atoms with Crippen LogP contribution in [0.25, 0.3) is 6.08 Å². The lowest BCUT2D eigenvalue weighted by Crippen LogP contribution is -1.97. The molecule has 0 N–H and O–H groups in total. The van der Waals surface area contributed by atoms with Gasteiger partial charge in [-0.1, -0.05) is 50.3 Å². The summed E-state index contributed by atoms with van der Waals surface area (Å²) in [5, 5.41) is 0. The first-order valence-electron chi connectivity index (χ1n) is 4.85. The van der Waals surface area contributed by atoms with Gasteiger partial charge in [0, 0.05) is 0 Å². The fourth-order valence-electron chi connectivity index (χ4n) is 1.55. The van der Waals surface area contributed by atoms with Gasteiger partial charge in [0.2, 0.25) is 0 Å². The molecular formula is C13H18. The number of benzene rings is 1. The fraction of sp³-hybridized carbons (Fsp3) is 0.385. The lowest BCUT2D eigenvalue weighted by Gasteiger charge is -2.09. The van der Waals surface area contributed by atoms with E-state index in [-0.39, 0.29) is 0 Å². The SMILES string of the molecule is C=Cc1ccc(C)cc1CC(C)C. The van der Waals surface area contributed by atoms with Gasteiger partial charge in [0.05, 0.1) is 0 Å². The molecule has 0 fully saturated rings. The monoisotopic (exact) mass is 174 g/mol. The van der Waals surface area contributed by atoms with Crippen molar-refractivity contribution in [2.75, 3.05) is 0 Å². The van der Waals surface area contributed by atoms with Crippen molar-refractivity contribution in [1.82, 2.24) is 0 Å². The molecule has 0 amide bonds. The molecule has 0 atom stereocenters. The number of rotatable bonds is 3. The molecule has 0 unspecified atom stereocenters. The average Bonchev–Trinajstić information content (AvgIpc) is 2.03. The topological polar surface area (TPSA) is 0 Å². The molecule has 1 aromatic carbocycles. The number of aryl methyl sites for hydroxylation is 1. The first-order chi connectivity index (χ1) is 6.13. The summed E-state index contributed by atoms with van der Waals surface area (Å²) < 4.78 is 0. The Bertz CT molecular complexity index is 295. The molecule has 0 heteroatoms. The number of hydrogen-bond donors (Lipinski definition) is 0. The van der Waals surface area contributed by atoms with Crippen molar-refractivity contribution in [3.05, 3.63) is 41.5 Å². The summed E-state index contributed by atoms with van der Waals surface area (Å²) in [4.78, 5) is 0. The smallest absolute Gasteiger partial charge is 0.0230 e. The molecule has 0 nitrogen and oxygen atoms in total. The second kappa shape index (κ2) is 4.27. The van der Waals surface area contributed by atoms with Crippen LogP contribution < -0.4 is 0 Å². The maximum Gasteiger partial charge on any atom is -0.0230 e. The van der Waals surface area contributed by atoms with Gasteiger partial charge in [-0.2, -0.15) is 0 Å². The van der Waals surface area contributed by atoms with E-state index in [1.807, 2.05) is 6.08 Å². The largest absolute Gasteiger partial charge is 0.0985 e. The predicted molar refractivity (Wildman–Crippen MR) is 59.8 cm³/mol. The van der Waals surface area contributed by atoms with Gasteiger partial charge in [-0.3, -0.25) is 0 Å². The quantitative estimate of drug-likeness (QED) is 0.653. The van der Waals surface area contributed by atoms with Crippen molar-refractivity contribution < 1.29 is 0 Å². The van der Waals surface area contributed by atoms with E-state index in [1.165, 1.54) is 16.7 Å². The third-order valence-corrected chi connectivity index (χ3v) is 2.15. The van der Waals surface area contributed by atoms with E-state index >= 15 is 0 Å². The van der Waals surface area contributed by atoms with Crippen molar-refractivity contribution in [3.63, 3.8) is 0 Å². The standard InChI is InChI=1S/C13H18/c1-5-12-7-6-11(4)9-13(12)8-10(2)3/h5-7,9-10H,1,8H2,2-4H3. The normalized spacial score (nSPS) is 10.5. The van der Waals surface area contributed by atoms with Gasteiger partial charge in [0.1, 0.15) is 0 Å². The van der Waals surface area contributed by atoms with Gasteiger partial charge in [0.15, 0.2) is 0 Å². The highest BCUT2D eigenvalue weighted by atomic mass is 14.1. The van der Waals surface area contributed by atoms with E-state index in [0.717, 1.165) is 6.42 Å². The molecule has 13 heavy (non-hydrogen) atoms. The summed E-state index contributed by atoms with van der Waals surface area (Å²) in [6.45, 7) is 10.5. The van der Waals surface area contributed by atoms with E-state index in [0.29, 0.717) is 5.92 Å². The molecule has 0 bridgehead atoms. The first kappa shape index (κ1) is 10.0. The van der Waals surface area contributed by atoms with Gasteiger partial charge >= 0.3 is 0 Å². The Hall–Kier alpha value is -1.04. The van der Waals surface area contributed by atoms with Gasteiger partial charge in [-0.15, -0.1) is 0 Å². The van der Waals surface area contributed by atoms with Crippen LogP contribution >= 0.6 is 0 Å². The van der Waals surface area contributed by atoms with Crippen LogP contribution in [0.4, 0.5) is 0 Å². The molecule has 0 aliphatic heterocycles. The summed E-state index contributed by atoms with van der Waals surface area (Å²) >= 11 is 0. The second-order valence-electron chi connectivity index (χ2n) is 4.00. The molecule has 0 spiro atoms. The highest BCUT2D eigenvalue weighted by Gasteiger charge is 2.02. The molecule has 0 aromatic heterocycles. The van der Waals surface area contributed by atoms with Gasteiger partial charge in [-0.05, 0) is 30.4 Å². The maximum atomic E-state index is 3.83. The molecule has 1 rings (SSSR count). The van der Waals surface area contributed by atoms with Crippen LogP contribution in [0.1, 0.15) is 30.5 Å². The Kier molecular flexibility index (Phi) is 3.30. The minimum absolute atomic E-state index is 0.709. The van der Waals surface area contributed by atoms with Gasteiger partial charge in [-0.25, -0.2) is 0 Å². The minimum Gasteiger partial charge on any atom is -0.0985 e. The van der Waals surface area contributed by atoms with Crippen LogP contribution in [0, 0.1) is 12.8 Å². The zero-order valence-corrected chi connectivity index (χ0v) is 8.80. The molecule has 0 aliphatic carbocycles. The summed E-state index contributed by atoms with van der Waals surface area (Å²) in [7, 11) is 0. The van der Waals surface area contributed by atoms with Crippen LogP contribution in [-0.4, -0.2) is 0 Å². The lowest BCUT2D eigenvalue weighted by molar-refractivity contribution is 0.646. The maximum absolute atomic E-state index is 3.83. The zero-order valence-electron chi connectivity index (χ0n) is 8.80. The minimum atomic E-state index is 0.709.